The second-order valence-corrected chi connectivity index (χ2v) is 13.1. The SMILES string of the molecule is CC[C@H](C(=O)NC1CCCC1)N(Cc1ccc(F)cc1)C(=O)CN(c1cc(C)cc(C)c1)S(=O)(=O)c1ccc(C)cc1. The topological polar surface area (TPSA) is 86.8 Å². The van der Waals surface area contributed by atoms with E-state index in [-0.39, 0.29) is 23.4 Å². The van der Waals surface area contributed by atoms with Crippen molar-refractivity contribution in [3.8, 4) is 0 Å². The average Bonchev–Trinajstić information content (AvgIpc) is 3.45. The fourth-order valence-corrected chi connectivity index (χ4v) is 6.93. The fourth-order valence-electron chi connectivity index (χ4n) is 5.53. The molecule has 224 valence electrons. The zero-order valence-corrected chi connectivity index (χ0v) is 25.6. The van der Waals surface area contributed by atoms with Crippen LogP contribution >= 0.6 is 0 Å². The Morgan fingerprint density at radius 2 is 1.50 bits per heavy atom. The summed E-state index contributed by atoms with van der Waals surface area (Å²) in [6, 6.07) is 16.9. The minimum absolute atomic E-state index is 0.0287. The molecule has 1 atom stereocenters. The summed E-state index contributed by atoms with van der Waals surface area (Å²) in [5.74, 6) is -1.20. The molecule has 0 aliphatic heterocycles. The molecule has 1 saturated carbocycles. The van der Waals surface area contributed by atoms with Gasteiger partial charge in [-0.15, -0.1) is 0 Å². The fraction of sp³-hybridized carbons (Fsp3) is 0.394. The van der Waals surface area contributed by atoms with Gasteiger partial charge in [-0.1, -0.05) is 55.7 Å². The van der Waals surface area contributed by atoms with E-state index in [9.17, 15) is 22.4 Å². The lowest BCUT2D eigenvalue weighted by atomic mass is 10.1. The second kappa shape index (κ2) is 13.5. The molecular weight excluding hydrogens is 553 g/mol. The monoisotopic (exact) mass is 593 g/mol. The van der Waals surface area contributed by atoms with E-state index in [2.05, 4.69) is 5.32 Å². The first-order chi connectivity index (χ1) is 20.0. The van der Waals surface area contributed by atoms with Crippen LogP contribution < -0.4 is 9.62 Å². The molecule has 1 fully saturated rings. The highest BCUT2D eigenvalue weighted by Gasteiger charge is 2.34. The maximum atomic E-state index is 14.2. The van der Waals surface area contributed by atoms with Crippen molar-refractivity contribution in [2.24, 2.45) is 0 Å². The van der Waals surface area contributed by atoms with Gasteiger partial charge in [0.15, 0.2) is 0 Å². The molecule has 0 bridgehead atoms. The third-order valence-electron chi connectivity index (χ3n) is 7.74. The van der Waals surface area contributed by atoms with Crippen molar-refractivity contribution in [1.82, 2.24) is 10.2 Å². The number of carbonyl (C=O) groups is 2. The standard InChI is InChI=1S/C33H40FN3O4S/c1-5-31(33(39)35-28-8-6-7-9-28)36(21-26-12-14-27(34)15-13-26)32(38)22-37(29-19-24(3)18-25(4)20-29)42(40,41)30-16-10-23(2)11-17-30/h10-20,28,31H,5-9,21-22H2,1-4H3,(H,35,39)/t31-/m1/s1. The maximum Gasteiger partial charge on any atom is 0.264 e. The average molecular weight is 594 g/mol. The summed E-state index contributed by atoms with van der Waals surface area (Å²) < 4.78 is 42.9. The van der Waals surface area contributed by atoms with Gasteiger partial charge in [0.05, 0.1) is 10.6 Å². The molecule has 1 aliphatic carbocycles. The zero-order chi connectivity index (χ0) is 30.4. The summed E-state index contributed by atoms with van der Waals surface area (Å²) in [4.78, 5) is 29.2. The van der Waals surface area contributed by atoms with Crippen molar-refractivity contribution < 1.29 is 22.4 Å². The predicted molar refractivity (Wildman–Crippen MR) is 163 cm³/mol. The molecule has 0 aromatic heterocycles. The number of anilines is 1. The van der Waals surface area contributed by atoms with E-state index < -0.39 is 34.3 Å². The number of sulfonamides is 1. The van der Waals surface area contributed by atoms with Crippen LogP contribution in [0.1, 0.15) is 61.3 Å². The summed E-state index contributed by atoms with van der Waals surface area (Å²) in [7, 11) is -4.15. The van der Waals surface area contributed by atoms with Crippen LogP contribution in [0.3, 0.4) is 0 Å². The van der Waals surface area contributed by atoms with Crippen molar-refractivity contribution in [2.75, 3.05) is 10.8 Å². The molecule has 4 rings (SSSR count). The second-order valence-electron chi connectivity index (χ2n) is 11.2. The molecule has 2 amide bonds. The number of hydrogen-bond donors (Lipinski definition) is 1. The van der Waals surface area contributed by atoms with Gasteiger partial charge < -0.3 is 10.2 Å². The van der Waals surface area contributed by atoms with Crippen LogP contribution in [0.25, 0.3) is 0 Å². The highest BCUT2D eigenvalue weighted by molar-refractivity contribution is 7.92. The van der Waals surface area contributed by atoms with E-state index in [4.69, 9.17) is 0 Å². The van der Waals surface area contributed by atoms with Crippen molar-refractivity contribution >= 4 is 27.5 Å². The van der Waals surface area contributed by atoms with Crippen molar-refractivity contribution in [1.29, 1.82) is 0 Å². The van der Waals surface area contributed by atoms with Gasteiger partial charge in [0.1, 0.15) is 18.4 Å². The summed E-state index contributed by atoms with van der Waals surface area (Å²) in [5.41, 5.74) is 3.62. The first kappa shape index (κ1) is 31.2. The molecule has 1 N–H and O–H groups in total. The van der Waals surface area contributed by atoms with E-state index in [1.54, 1.807) is 36.4 Å². The first-order valence-corrected chi connectivity index (χ1v) is 15.9. The van der Waals surface area contributed by atoms with Crippen LogP contribution in [0.5, 0.6) is 0 Å². The number of nitrogens with zero attached hydrogens (tertiary/aromatic N) is 2. The number of rotatable bonds is 11. The highest BCUT2D eigenvalue weighted by Crippen LogP contribution is 2.27. The molecule has 1 aliphatic rings. The number of aryl methyl sites for hydroxylation is 3. The van der Waals surface area contributed by atoms with E-state index >= 15 is 0 Å². The van der Waals surface area contributed by atoms with Crippen LogP contribution in [-0.2, 0) is 26.2 Å². The molecule has 0 radical (unpaired) electrons. The van der Waals surface area contributed by atoms with E-state index in [0.29, 0.717) is 17.7 Å². The van der Waals surface area contributed by atoms with Gasteiger partial charge in [-0.05, 0) is 93.1 Å². The van der Waals surface area contributed by atoms with Crippen LogP contribution in [0, 0.1) is 26.6 Å². The van der Waals surface area contributed by atoms with Gasteiger partial charge in [0, 0.05) is 12.6 Å². The molecule has 3 aromatic carbocycles. The minimum Gasteiger partial charge on any atom is -0.352 e. The van der Waals surface area contributed by atoms with Crippen molar-refractivity contribution in [3.63, 3.8) is 0 Å². The van der Waals surface area contributed by atoms with Gasteiger partial charge in [0.25, 0.3) is 10.0 Å². The van der Waals surface area contributed by atoms with Gasteiger partial charge in [-0.2, -0.15) is 0 Å². The largest absolute Gasteiger partial charge is 0.352 e. The Morgan fingerprint density at radius 1 is 0.905 bits per heavy atom. The summed E-state index contributed by atoms with van der Waals surface area (Å²) >= 11 is 0. The maximum absolute atomic E-state index is 14.2. The first-order valence-electron chi connectivity index (χ1n) is 14.5. The summed E-state index contributed by atoms with van der Waals surface area (Å²) in [5, 5.41) is 3.10. The lowest BCUT2D eigenvalue weighted by molar-refractivity contribution is -0.140. The number of nitrogens with one attached hydrogen (secondary N) is 1. The Kier molecular flexibility index (Phi) is 10.0. The van der Waals surface area contributed by atoms with Crippen molar-refractivity contribution in [2.45, 2.75) is 83.3 Å². The molecule has 3 aromatic rings. The van der Waals surface area contributed by atoms with E-state index in [0.717, 1.165) is 46.7 Å². The highest BCUT2D eigenvalue weighted by atomic mass is 32.2. The molecule has 0 heterocycles. The van der Waals surface area contributed by atoms with Gasteiger partial charge in [-0.3, -0.25) is 13.9 Å². The van der Waals surface area contributed by atoms with Gasteiger partial charge in [-0.25, -0.2) is 12.8 Å². The van der Waals surface area contributed by atoms with Crippen LogP contribution in [0.2, 0.25) is 0 Å². The summed E-state index contributed by atoms with van der Waals surface area (Å²) in [6.45, 7) is 6.96. The molecule has 0 saturated heterocycles. The Balaban J connectivity index is 1.73. The Labute approximate surface area is 248 Å². The molecule has 7 nitrogen and oxygen atoms in total. The van der Waals surface area contributed by atoms with E-state index in [1.165, 1.54) is 29.2 Å². The zero-order valence-electron chi connectivity index (χ0n) is 24.8. The third kappa shape index (κ3) is 7.56. The van der Waals surface area contributed by atoms with Crippen LogP contribution in [-0.4, -0.2) is 43.8 Å². The van der Waals surface area contributed by atoms with Crippen molar-refractivity contribution in [3.05, 3.63) is 94.8 Å². The number of benzene rings is 3. The number of halogens is 1. The predicted octanol–water partition coefficient (Wildman–Crippen LogP) is 5.81. The van der Waals surface area contributed by atoms with E-state index in [1.807, 2.05) is 33.8 Å². The Bertz CT molecular complexity index is 1480. The summed E-state index contributed by atoms with van der Waals surface area (Å²) in [6.07, 6.45) is 4.20. The van der Waals surface area contributed by atoms with Gasteiger partial charge >= 0.3 is 0 Å². The number of carbonyl (C=O) groups excluding carboxylic acids is 2. The Hall–Kier alpha value is -3.72. The lowest BCUT2D eigenvalue weighted by Crippen LogP contribution is -2.53. The molecular formula is C33H40FN3O4S. The molecule has 0 spiro atoms. The molecule has 42 heavy (non-hydrogen) atoms. The third-order valence-corrected chi connectivity index (χ3v) is 9.52. The molecule has 9 heteroatoms. The quantitative estimate of drug-likeness (QED) is 0.304. The lowest BCUT2D eigenvalue weighted by Gasteiger charge is -2.34. The Morgan fingerprint density at radius 3 is 2.07 bits per heavy atom. The minimum atomic E-state index is -4.15. The number of hydrogen-bond acceptors (Lipinski definition) is 4. The van der Waals surface area contributed by atoms with Crippen LogP contribution in [0.4, 0.5) is 10.1 Å². The normalized spacial score (nSPS) is 14.4. The number of amides is 2. The smallest absolute Gasteiger partial charge is 0.264 e. The molecule has 0 unspecified atom stereocenters. The van der Waals surface area contributed by atoms with Gasteiger partial charge in [0.2, 0.25) is 11.8 Å². The van der Waals surface area contributed by atoms with Crippen LogP contribution in [0.15, 0.2) is 71.6 Å².